The van der Waals surface area contributed by atoms with Crippen molar-refractivity contribution in [3.05, 3.63) is 55.0 Å². The number of imidazole rings is 1. The lowest BCUT2D eigenvalue weighted by atomic mass is 10.1. The van der Waals surface area contributed by atoms with Crippen LogP contribution in [0, 0.1) is 0 Å². The summed E-state index contributed by atoms with van der Waals surface area (Å²) in [7, 11) is 0. The van der Waals surface area contributed by atoms with E-state index in [1.54, 1.807) is 30.5 Å². The standard InChI is InChI=1S/C18H23N3O4/c1-3-5-11-25-17(22)16(7-4-2)21(13-15-8-6-12-24-15)18(23)20-10-9-19-14-20/h3,5-6,8-10,12,14,16H,4,7,11,13H2,1-2H3. The Balaban J connectivity index is 2.25. The quantitative estimate of drug-likeness (QED) is 0.542. The van der Waals surface area contributed by atoms with Crippen molar-refractivity contribution < 1.29 is 18.7 Å². The van der Waals surface area contributed by atoms with E-state index >= 15 is 0 Å². The van der Waals surface area contributed by atoms with Crippen molar-refractivity contribution in [1.29, 1.82) is 0 Å². The molecule has 0 N–H and O–H groups in total. The van der Waals surface area contributed by atoms with Crippen molar-refractivity contribution in [1.82, 2.24) is 14.5 Å². The Morgan fingerprint density at radius 1 is 1.48 bits per heavy atom. The lowest BCUT2D eigenvalue weighted by molar-refractivity contribution is -0.148. The van der Waals surface area contributed by atoms with E-state index in [0.29, 0.717) is 12.2 Å². The number of hydrogen-bond acceptors (Lipinski definition) is 5. The number of esters is 1. The molecule has 2 aromatic rings. The van der Waals surface area contributed by atoms with Crippen LogP contribution in [0.3, 0.4) is 0 Å². The molecule has 25 heavy (non-hydrogen) atoms. The molecule has 0 aliphatic carbocycles. The summed E-state index contributed by atoms with van der Waals surface area (Å²) in [6.07, 6.45) is 10.8. The number of hydrogen-bond donors (Lipinski definition) is 0. The molecule has 1 amide bonds. The molecule has 0 aliphatic rings. The predicted molar refractivity (Wildman–Crippen MR) is 91.7 cm³/mol. The van der Waals surface area contributed by atoms with Crippen LogP contribution < -0.4 is 0 Å². The van der Waals surface area contributed by atoms with Gasteiger partial charge in [-0.3, -0.25) is 4.57 Å². The van der Waals surface area contributed by atoms with E-state index in [0.717, 1.165) is 6.42 Å². The van der Waals surface area contributed by atoms with E-state index in [9.17, 15) is 9.59 Å². The molecule has 0 radical (unpaired) electrons. The summed E-state index contributed by atoms with van der Waals surface area (Å²) in [6, 6.07) is 2.46. The summed E-state index contributed by atoms with van der Waals surface area (Å²) >= 11 is 0. The maximum absolute atomic E-state index is 12.9. The average molecular weight is 345 g/mol. The van der Waals surface area contributed by atoms with Gasteiger partial charge in [0.05, 0.1) is 12.8 Å². The van der Waals surface area contributed by atoms with Crippen LogP contribution in [-0.4, -0.2) is 39.1 Å². The first-order valence-corrected chi connectivity index (χ1v) is 8.26. The molecule has 0 bridgehead atoms. The van der Waals surface area contributed by atoms with Crippen molar-refractivity contribution in [2.45, 2.75) is 39.3 Å². The molecule has 0 saturated carbocycles. The minimum atomic E-state index is -0.699. The fraction of sp³-hybridized carbons (Fsp3) is 0.389. The van der Waals surface area contributed by atoms with Crippen molar-refractivity contribution in [2.24, 2.45) is 0 Å². The highest BCUT2D eigenvalue weighted by Gasteiger charge is 2.32. The molecular formula is C18H23N3O4. The van der Waals surface area contributed by atoms with Gasteiger partial charge in [0.25, 0.3) is 0 Å². The Hall–Kier alpha value is -2.83. The van der Waals surface area contributed by atoms with E-state index in [1.807, 2.05) is 13.8 Å². The van der Waals surface area contributed by atoms with Crippen LogP contribution in [0.1, 0.15) is 32.4 Å². The topological polar surface area (TPSA) is 77.6 Å². The first kappa shape index (κ1) is 18.5. The largest absolute Gasteiger partial charge is 0.467 e. The second-order valence-electron chi connectivity index (χ2n) is 5.46. The Kier molecular flexibility index (Phi) is 7.00. The smallest absolute Gasteiger partial charge is 0.330 e. The third kappa shape index (κ3) is 5.07. The molecule has 1 atom stereocenters. The highest BCUT2D eigenvalue weighted by atomic mass is 16.5. The van der Waals surface area contributed by atoms with Gasteiger partial charge in [0.2, 0.25) is 0 Å². The van der Waals surface area contributed by atoms with E-state index in [-0.39, 0.29) is 19.2 Å². The Bertz CT molecular complexity index is 677. The maximum atomic E-state index is 12.9. The number of amides is 1. The minimum absolute atomic E-state index is 0.174. The second-order valence-corrected chi connectivity index (χ2v) is 5.46. The Morgan fingerprint density at radius 3 is 2.92 bits per heavy atom. The third-order valence-electron chi connectivity index (χ3n) is 3.65. The fourth-order valence-corrected chi connectivity index (χ4v) is 2.40. The number of aromatic nitrogens is 2. The molecule has 7 nitrogen and oxygen atoms in total. The molecule has 0 spiro atoms. The lowest BCUT2D eigenvalue weighted by Gasteiger charge is -2.29. The molecule has 0 aliphatic heterocycles. The zero-order chi connectivity index (χ0) is 18.1. The van der Waals surface area contributed by atoms with Gasteiger partial charge in [0.1, 0.15) is 24.7 Å². The maximum Gasteiger partial charge on any atom is 0.330 e. The Morgan fingerprint density at radius 2 is 2.32 bits per heavy atom. The molecule has 7 heteroatoms. The lowest BCUT2D eigenvalue weighted by Crippen LogP contribution is -2.46. The van der Waals surface area contributed by atoms with Crippen molar-refractivity contribution >= 4 is 12.0 Å². The average Bonchev–Trinajstić information content (AvgIpc) is 3.31. The molecule has 2 heterocycles. The molecule has 0 fully saturated rings. The predicted octanol–water partition coefficient (Wildman–Crippen LogP) is 3.23. The van der Waals surface area contributed by atoms with Crippen LogP contribution in [0.4, 0.5) is 4.79 Å². The highest BCUT2D eigenvalue weighted by molar-refractivity contribution is 5.84. The first-order valence-electron chi connectivity index (χ1n) is 8.26. The van der Waals surface area contributed by atoms with Crippen LogP contribution in [-0.2, 0) is 16.1 Å². The summed E-state index contributed by atoms with van der Waals surface area (Å²) in [5.41, 5.74) is 0. The zero-order valence-electron chi connectivity index (χ0n) is 14.5. The fourth-order valence-electron chi connectivity index (χ4n) is 2.40. The number of ether oxygens (including phenoxy) is 1. The van der Waals surface area contributed by atoms with Crippen molar-refractivity contribution in [3.8, 4) is 0 Å². The van der Waals surface area contributed by atoms with Gasteiger partial charge in [0, 0.05) is 12.4 Å². The highest BCUT2D eigenvalue weighted by Crippen LogP contribution is 2.16. The van der Waals surface area contributed by atoms with Gasteiger partial charge in [-0.15, -0.1) is 0 Å². The van der Waals surface area contributed by atoms with Crippen LogP contribution in [0.5, 0.6) is 0 Å². The van der Waals surface area contributed by atoms with Crippen LogP contribution in [0.15, 0.2) is 53.7 Å². The van der Waals surface area contributed by atoms with Crippen LogP contribution in [0.2, 0.25) is 0 Å². The van der Waals surface area contributed by atoms with Crippen LogP contribution in [0.25, 0.3) is 0 Å². The first-order chi connectivity index (χ1) is 12.2. The van der Waals surface area contributed by atoms with Gasteiger partial charge in [-0.25, -0.2) is 14.6 Å². The number of carbonyl (C=O) groups excluding carboxylic acids is 2. The summed E-state index contributed by atoms with van der Waals surface area (Å²) in [4.78, 5) is 30.8. The second kappa shape index (κ2) is 9.46. The van der Waals surface area contributed by atoms with Gasteiger partial charge < -0.3 is 14.1 Å². The molecule has 1 unspecified atom stereocenters. The summed E-state index contributed by atoms with van der Waals surface area (Å²) in [6.45, 7) is 4.17. The normalized spacial score (nSPS) is 12.2. The van der Waals surface area contributed by atoms with Gasteiger partial charge in [-0.1, -0.05) is 25.5 Å². The SMILES string of the molecule is CC=CCOC(=O)C(CCC)N(Cc1ccco1)C(=O)n1ccnc1. The van der Waals surface area contributed by atoms with Crippen molar-refractivity contribution in [2.75, 3.05) is 6.61 Å². The van der Waals surface area contributed by atoms with Crippen molar-refractivity contribution in [3.63, 3.8) is 0 Å². The van der Waals surface area contributed by atoms with E-state index < -0.39 is 12.0 Å². The summed E-state index contributed by atoms with van der Waals surface area (Å²) in [5.74, 6) is 0.163. The third-order valence-corrected chi connectivity index (χ3v) is 3.65. The van der Waals surface area contributed by atoms with Gasteiger partial charge >= 0.3 is 12.0 Å². The number of furan rings is 1. The molecule has 0 aromatic carbocycles. The van der Waals surface area contributed by atoms with Gasteiger partial charge in [0.15, 0.2) is 0 Å². The molecule has 2 aromatic heterocycles. The molecule has 0 saturated heterocycles. The monoisotopic (exact) mass is 345 g/mol. The Labute approximate surface area is 146 Å². The summed E-state index contributed by atoms with van der Waals surface area (Å²) in [5, 5.41) is 0. The van der Waals surface area contributed by atoms with E-state index in [4.69, 9.17) is 9.15 Å². The number of rotatable bonds is 8. The summed E-state index contributed by atoms with van der Waals surface area (Å²) < 4.78 is 12.0. The number of allylic oxidation sites excluding steroid dienone is 1. The molecular weight excluding hydrogens is 322 g/mol. The number of carbonyl (C=O) groups is 2. The molecule has 2 rings (SSSR count). The molecule has 134 valence electrons. The minimum Gasteiger partial charge on any atom is -0.467 e. The van der Waals surface area contributed by atoms with E-state index in [2.05, 4.69) is 4.98 Å². The number of nitrogens with zero attached hydrogens (tertiary/aromatic N) is 3. The van der Waals surface area contributed by atoms with Crippen LogP contribution >= 0.6 is 0 Å². The van der Waals surface area contributed by atoms with E-state index in [1.165, 1.54) is 28.3 Å². The van der Waals surface area contributed by atoms with Gasteiger partial charge in [-0.05, 0) is 25.5 Å². The van der Waals surface area contributed by atoms with Gasteiger partial charge in [-0.2, -0.15) is 0 Å². The zero-order valence-corrected chi connectivity index (χ0v) is 14.5.